The lowest BCUT2D eigenvalue weighted by Crippen LogP contribution is -2.26. The molecule has 0 aliphatic rings. The van der Waals surface area contributed by atoms with Crippen LogP contribution in [0, 0.1) is 0 Å². The molecule has 1 aromatic heterocycles. The van der Waals surface area contributed by atoms with Gasteiger partial charge in [0, 0.05) is 19.1 Å². The van der Waals surface area contributed by atoms with Crippen LogP contribution in [-0.2, 0) is 10.0 Å². The molecule has 0 bridgehead atoms. The van der Waals surface area contributed by atoms with Gasteiger partial charge in [0.1, 0.15) is 17.6 Å². The summed E-state index contributed by atoms with van der Waals surface area (Å²) in [6, 6.07) is 5.14. The lowest BCUT2D eigenvalue weighted by Gasteiger charge is -2.11. The average Bonchev–Trinajstić information content (AvgIpc) is 2.77. The Balaban J connectivity index is 1.95. The van der Waals surface area contributed by atoms with Crippen molar-refractivity contribution in [3.63, 3.8) is 0 Å². The van der Waals surface area contributed by atoms with Crippen LogP contribution in [0.25, 0.3) is 11.0 Å². The maximum Gasteiger partial charge on any atom is 0.213 e. The van der Waals surface area contributed by atoms with E-state index in [-0.39, 0.29) is 12.4 Å². The van der Waals surface area contributed by atoms with Crippen molar-refractivity contribution in [2.24, 2.45) is 0 Å². The standard InChI is InChI=1S/C11H15ClN4O3S/c1-15(2)20(17,18)7-3-6-19-16-11-8-9(12)4-5-10(11)13-14-16/h4-5,8H,3,6-7H2,1-2H3. The smallest absolute Gasteiger partial charge is 0.213 e. The lowest BCUT2D eigenvalue weighted by atomic mass is 10.3. The van der Waals surface area contributed by atoms with Gasteiger partial charge < -0.3 is 4.84 Å². The van der Waals surface area contributed by atoms with Gasteiger partial charge in [-0.15, -0.1) is 5.10 Å². The second-order valence-corrected chi connectivity index (χ2v) is 7.12. The van der Waals surface area contributed by atoms with Gasteiger partial charge in [-0.05, 0) is 29.8 Å². The van der Waals surface area contributed by atoms with Gasteiger partial charge in [-0.3, -0.25) is 0 Å². The summed E-state index contributed by atoms with van der Waals surface area (Å²) < 4.78 is 24.3. The predicted octanol–water partition coefficient (Wildman–Crippen LogP) is 0.795. The van der Waals surface area contributed by atoms with E-state index in [1.54, 1.807) is 18.2 Å². The molecule has 0 radical (unpaired) electrons. The molecule has 0 aliphatic carbocycles. The number of nitrogens with zero attached hydrogens (tertiary/aromatic N) is 4. The van der Waals surface area contributed by atoms with Crippen LogP contribution in [0.3, 0.4) is 0 Å². The third kappa shape index (κ3) is 3.38. The highest BCUT2D eigenvalue weighted by molar-refractivity contribution is 7.89. The highest BCUT2D eigenvalue weighted by atomic mass is 35.5. The molecule has 0 amide bonds. The minimum Gasteiger partial charge on any atom is -0.395 e. The van der Waals surface area contributed by atoms with Crippen LogP contribution in [0.1, 0.15) is 6.42 Å². The zero-order chi connectivity index (χ0) is 14.8. The molecule has 0 saturated heterocycles. The van der Waals surface area contributed by atoms with Crippen molar-refractivity contribution in [2.75, 3.05) is 26.5 Å². The molecule has 1 heterocycles. The van der Waals surface area contributed by atoms with Gasteiger partial charge in [0.05, 0.1) is 5.75 Å². The Morgan fingerprint density at radius 3 is 2.85 bits per heavy atom. The molecule has 2 aromatic rings. The summed E-state index contributed by atoms with van der Waals surface area (Å²) in [6.45, 7) is 0.220. The van der Waals surface area contributed by atoms with E-state index in [0.29, 0.717) is 22.5 Å². The third-order valence-electron chi connectivity index (χ3n) is 2.69. The summed E-state index contributed by atoms with van der Waals surface area (Å²) in [5.74, 6) is 0.0212. The number of hydrogen-bond donors (Lipinski definition) is 0. The molecule has 0 unspecified atom stereocenters. The molecule has 0 atom stereocenters. The number of halogens is 1. The number of aromatic nitrogens is 3. The van der Waals surface area contributed by atoms with Crippen LogP contribution in [0.5, 0.6) is 0 Å². The van der Waals surface area contributed by atoms with Crippen LogP contribution in [0.15, 0.2) is 18.2 Å². The maximum atomic E-state index is 11.6. The van der Waals surface area contributed by atoms with E-state index in [1.807, 2.05) is 0 Å². The first kappa shape index (κ1) is 15.0. The topological polar surface area (TPSA) is 77.3 Å². The van der Waals surface area contributed by atoms with E-state index >= 15 is 0 Å². The highest BCUT2D eigenvalue weighted by Crippen LogP contribution is 2.16. The van der Waals surface area contributed by atoms with Gasteiger partial charge in [0.15, 0.2) is 0 Å². The first-order valence-corrected chi connectivity index (χ1v) is 7.93. The van der Waals surface area contributed by atoms with E-state index in [2.05, 4.69) is 10.3 Å². The molecule has 20 heavy (non-hydrogen) atoms. The minimum absolute atomic E-state index is 0.0212. The zero-order valence-corrected chi connectivity index (χ0v) is 12.7. The van der Waals surface area contributed by atoms with Crippen molar-refractivity contribution < 1.29 is 13.3 Å². The summed E-state index contributed by atoms with van der Waals surface area (Å²) in [6.07, 6.45) is 0.364. The second-order valence-electron chi connectivity index (χ2n) is 4.38. The van der Waals surface area contributed by atoms with E-state index in [4.69, 9.17) is 16.4 Å². The van der Waals surface area contributed by atoms with Crippen LogP contribution in [0.2, 0.25) is 5.02 Å². The summed E-state index contributed by atoms with van der Waals surface area (Å²) >= 11 is 5.89. The molecule has 110 valence electrons. The predicted molar refractivity (Wildman–Crippen MR) is 76.1 cm³/mol. The molecular formula is C11H15ClN4O3S. The zero-order valence-electron chi connectivity index (χ0n) is 11.2. The Bertz CT molecular complexity index is 699. The van der Waals surface area contributed by atoms with Gasteiger partial charge in [-0.25, -0.2) is 12.7 Å². The summed E-state index contributed by atoms with van der Waals surface area (Å²) in [7, 11) is -0.195. The molecular weight excluding hydrogens is 304 g/mol. The number of rotatable bonds is 6. The number of benzene rings is 1. The Labute approximate surface area is 122 Å². The molecule has 2 rings (SSSR count). The third-order valence-corrected chi connectivity index (χ3v) is 4.85. The van der Waals surface area contributed by atoms with E-state index in [0.717, 1.165) is 0 Å². The molecule has 1 aromatic carbocycles. The molecule has 0 saturated carbocycles. The number of hydrogen-bond acceptors (Lipinski definition) is 5. The van der Waals surface area contributed by atoms with Gasteiger partial charge in [-0.1, -0.05) is 16.4 Å². The Kier molecular flexibility index (Phi) is 4.46. The molecule has 0 spiro atoms. The Hall–Kier alpha value is -1.38. The largest absolute Gasteiger partial charge is 0.395 e. The first-order valence-electron chi connectivity index (χ1n) is 5.94. The second kappa shape index (κ2) is 5.94. The van der Waals surface area contributed by atoms with Crippen LogP contribution in [-0.4, -0.2) is 54.3 Å². The number of fused-ring (bicyclic) bond motifs is 1. The van der Waals surface area contributed by atoms with Crippen molar-refractivity contribution >= 4 is 32.7 Å². The van der Waals surface area contributed by atoms with Crippen LogP contribution >= 0.6 is 11.6 Å². The average molecular weight is 319 g/mol. The summed E-state index contributed by atoms with van der Waals surface area (Å²) in [4.78, 5) is 6.64. The Morgan fingerprint density at radius 2 is 2.15 bits per heavy atom. The monoisotopic (exact) mass is 318 g/mol. The normalized spacial score (nSPS) is 12.2. The molecule has 0 N–H and O–H groups in total. The SMILES string of the molecule is CN(C)S(=O)(=O)CCCOn1nnc2ccc(Cl)cc21. The fourth-order valence-electron chi connectivity index (χ4n) is 1.54. The van der Waals surface area contributed by atoms with Crippen molar-refractivity contribution in [1.82, 2.24) is 19.5 Å². The quantitative estimate of drug-likeness (QED) is 0.736. The van der Waals surface area contributed by atoms with Crippen molar-refractivity contribution in [2.45, 2.75) is 6.42 Å². The summed E-state index contributed by atoms with van der Waals surface area (Å²) in [5.41, 5.74) is 1.31. The van der Waals surface area contributed by atoms with Crippen molar-refractivity contribution in [3.05, 3.63) is 23.2 Å². The molecule has 9 heteroatoms. The molecule has 0 aliphatic heterocycles. The van der Waals surface area contributed by atoms with Crippen molar-refractivity contribution in [1.29, 1.82) is 0 Å². The fraction of sp³-hybridized carbons (Fsp3) is 0.455. The number of sulfonamides is 1. The minimum atomic E-state index is -3.20. The summed E-state index contributed by atoms with van der Waals surface area (Å²) in [5, 5.41) is 8.31. The van der Waals surface area contributed by atoms with Gasteiger partial charge >= 0.3 is 0 Å². The molecule has 0 fully saturated rings. The maximum absolute atomic E-state index is 11.6. The molecule has 7 nitrogen and oxygen atoms in total. The van der Waals surface area contributed by atoms with Crippen molar-refractivity contribution in [3.8, 4) is 0 Å². The van der Waals surface area contributed by atoms with E-state index < -0.39 is 10.0 Å². The Morgan fingerprint density at radius 1 is 1.40 bits per heavy atom. The van der Waals surface area contributed by atoms with Crippen LogP contribution < -0.4 is 4.84 Å². The highest BCUT2D eigenvalue weighted by Gasteiger charge is 2.13. The van der Waals surface area contributed by atoms with E-state index in [9.17, 15) is 8.42 Å². The van der Waals surface area contributed by atoms with Gasteiger partial charge in [0.25, 0.3) is 0 Å². The first-order chi connectivity index (χ1) is 9.40. The van der Waals surface area contributed by atoms with Gasteiger partial charge in [0.2, 0.25) is 10.0 Å². The lowest BCUT2D eigenvalue weighted by molar-refractivity contribution is 0.0881. The van der Waals surface area contributed by atoms with Gasteiger partial charge in [-0.2, -0.15) is 0 Å². The van der Waals surface area contributed by atoms with E-state index in [1.165, 1.54) is 23.2 Å². The fourth-order valence-corrected chi connectivity index (χ4v) is 2.56. The van der Waals surface area contributed by atoms with Crippen LogP contribution in [0.4, 0.5) is 0 Å².